The van der Waals surface area contributed by atoms with Crippen molar-refractivity contribution in [2.24, 2.45) is 5.10 Å². The van der Waals surface area contributed by atoms with Gasteiger partial charge < -0.3 is 19.1 Å². The number of aromatic nitrogens is 1. The summed E-state index contributed by atoms with van der Waals surface area (Å²) in [6.45, 7) is 2.95. The minimum absolute atomic E-state index is 0.0657. The number of nitrogens with one attached hydrogen (secondary N) is 1. The summed E-state index contributed by atoms with van der Waals surface area (Å²) in [5, 5.41) is 15.4. The van der Waals surface area contributed by atoms with Crippen molar-refractivity contribution in [3.05, 3.63) is 34.8 Å². The van der Waals surface area contributed by atoms with E-state index in [1.807, 2.05) is 11.4 Å². The lowest BCUT2D eigenvalue weighted by molar-refractivity contribution is -0.120. The monoisotopic (exact) mass is 415 g/mol. The van der Waals surface area contributed by atoms with Gasteiger partial charge in [-0.05, 0) is 23.8 Å². The van der Waals surface area contributed by atoms with E-state index in [1.54, 1.807) is 18.2 Å². The van der Waals surface area contributed by atoms with Gasteiger partial charge in [-0.25, -0.2) is 10.4 Å². The molecule has 0 atom stereocenters. The lowest BCUT2D eigenvalue weighted by atomic mass is 10.2. The van der Waals surface area contributed by atoms with E-state index in [1.165, 1.54) is 24.7 Å². The predicted molar refractivity (Wildman–Crippen MR) is 109 cm³/mol. The number of carbonyl (C=O) groups excluding carboxylic acids is 1. The van der Waals surface area contributed by atoms with E-state index in [0.29, 0.717) is 30.4 Å². The molecule has 1 saturated heterocycles. The number of carbonyl (C=O) groups is 1. The van der Waals surface area contributed by atoms with Gasteiger partial charge in [0, 0.05) is 18.5 Å². The summed E-state index contributed by atoms with van der Waals surface area (Å²) in [6.07, 6.45) is 1.66. The van der Waals surface area contributed by atoms with Crippen molar-refractivity contribution in [3.8, 4) is 17.6 Å². The fraction of sp³-hybridized carbons (Fsp3) is 0.368. The van der Waals surface area contributed by atoms with E-state index in [9.17, 15) is 4.79 Å². The molecule has 3 rings (SSSR count). The first-order chi connectivity index (χ1) is 14.2. The quantitative estimate of drug-likeness (QED) is 0.515. The molecule has 0 aliphatic carbocycles. The standard InChI is InChI=1S/C19H21N5O4S/c1-26-17-10-14(2-3-16(17)28-7-4-20)12-21-23-18(25)11-15-13-29-19(22-15)24-5-8-27-9-6-24/h2-3,10,12-13H,5-9,11H2,1H3,(H,23,25)/b21-12-. The van der Waals surface area contributed by atoms with Crippen LogP contribution in [0.25, 0.3) is 0 Å². The third-order valence-corrected chi connectivity index (χ3v) is 5.00. The van der Waals surface area contributed by atoms with Crippen LogP contribution in [0, 0.1) is 11.3 Å². The predicted octanol–water partition coefficient (Wildman–Crippen LogP) is 1.58. The zero-order valence-electron chi connectivity index (χ0n) is 16.0. The largest absolute Gasteiger partial charge is 0.493 e. The Kier molecular flexibility index (Phi) is 7.38. The maximum absolute atomic E-state index is 12.1. The molecule has 152 valence electrons. The van der Waals surface area contributed by atoms with Crippen molar-refractivity contribution < 1.29 is 19.0 Å². The molecular formula is C19H21N5O4S. The Morgan fingerprint density at radius 3 is 3.03 bits per heavy atom. The molecule has 1 N–H and O–H groups in total. The summed E-state index contributed by atoms with van der Waals surface area (Å²) in [5.41, 5.74) is 3.93. The molecule has 1 fully saturated rings. The number of rotatable bonds is 8. The Labute approximate surface area is 172 Å². The van der Waals surface area contributed by atoms with Crippen LogP contribution in [0.5, 0.6) is 11.5 Å². The van der Waals surface area contributed by atoms with E-state index in [4.69, 9.17) is 19.5 Å². The molecule has 1 amide bonds. The molecular weight excluding hydrogens is 394 g/mol. The number of morpholine rings is 1. The van der Waals surface area contributed by atoms with Gasteiger partial charge in [0.05, 0.1) is 38.7 Å². The van der Waals surface area contributed by atoms with Gasteiger partial charge in [-0.15, -0.1) is 11.3 Å². The van der Waals surface area contributed by atoms with Crippen molar-refractivity contribution in [2.75, 3.05) is 44.9 Å². The van der Waals surface area contributed by atoms with Gasteiger partial charge in [-0.1, -0.05) is 0 Å². The Bertz CT molecular complexity index is 902. The first-order valence-corrected chi connectivity index (χ1v) is 9.84. The van der Waals surface area contributed by atoms with Crippen molar-refractivity contribution in [3.63, 3.8) is 0 Å². The number of amides is 1. The fourth-order valence-corrected chi connectivity index (χ4v) is 3.53. The minimum atomic E-state index is -0.249. The lowest BCUT2D eigenvalue weighted by Gasteiger charge is -2.26. The summed E-state index contributed by atoms with van der Waals surface area (Å²) >= 11 is 1.52. The molecule has 1 aromatic carbocycles. The van der Waals surface area contributed by atoms with Crippen LogP contribution in [0.15, 0.2) is 28.7 Å². The van der Waals surface area contributed by atoms with Gasteiger partial charge in [0.1, 0.15) is 6.07 Å². The number of nitrogens with zero attached hydrogens (tertiary/aromatic N) is 4. The second-order valence-corrected chi connectivity index (χ2v) is 6.88. The maximum atomic E-state index is 12.1. The number of ether oxygens (including phenoxy) is 3. The first-order valence-electron chi connectivity index (χ1n) is 8.96. The number of hydrogen-bond donors (Lipinski definition) is 1. The first kappa shape index (κ1) is 20.6. The Morgan fingerprint density at radius 2 is 2.28 bits per heavy atom. The van der Waals surface area contributed by atoms with E-state index in [2.05, 4.69) is 20.4 Å². The van der Waals surface area contributed by atoms with Crippen molar-refractivity contribution >= 4 is 28.6 Å². The van der Waals surface area contributed by atoms with E-state index in [-0.39, 0.29) is 18.9 Å². The SMILES string of the molecule is COc1cc(/C=N\NC(=O)Cc2csc(N3CCOCC3)n2)ccc1OCC#N. The highest BCUT2D eigenvalue weighted by molar-refractivity contribution is 7.13. The number of nitriles is 1. The molecule has 0 unspecified atom stereocenters. The van der Waals surface area contributed by atoms with Crippen LogP contribution >= 0.6 is 11.3 Å². The van der Waals surface area contributed by atoms with Crippen LogP contribution in [0.3, 0.4) is 0 Å². The summed E-state index contributed by atoms with van der Waals surface area (Å²) in [4.78, 5) is 18.8. The van der Waals surface area contributed by atoms with E-state index in [0.717, 1.165) is 23.8 Å². The number of anilines is 1. The fourth-order valence-electron chi connectivity index (χ4n) is 2.65. The maximum Gasteiger partial charge on any atom is 0.246 e. The zero-order chi connectivity index (χ0) is 20.5. The average molecular weight is 415 g/mol. The molecule has 1 aliphatic rings. The van der Waals surface area contributed by atoms with Gasteiger partial charge in [0.2, 0.25) is 5.91 Å². The number of hydrazone groups is 1. The van der Waals surface area contributed by atoms with Crippen LogP contribution < -0.4 is 19.8 Å². The molecule has 0 radical (unpaired) electrons. The van der Waals surface area contributed by atoms with Gasteiger partial charge >= 0.3 is 0 Å². The molecule has 1 aliphatic heterocycles. The minimum Gasteiger partial charge on any atom is -0.493 e. The van der Waals surface area contributed by atoms with E-state index >= 15 is 0 Å². The van der Waals surface area contributed by atoms with Crippen LogP contribution in [-0.2, 0) is 16.0 Å². The second kappa shape index (κ2) is 10.4. The third kappa shape index (κ3) is 5.91. The number of benzene rings is 1. The smallest absolute Gasteiger partial charge is 0.246 e. The van der Waals surface area contributed by atoms with Crippen molar-refractivity contribution in [1.82, 2.24) is 10.4 Å². The van der Waals surface area contributed by atoms with Crippen molar-refractivity contribution in [2.45, 2.75) is 6.42 Å². The Hall–Kier alpha value is -3.16. The molecule has 0 spiro atoms. The Morgan fingerprint density at radius 1 is 1.45 bits per heavy atom. The van der Waals surface area contributed by atoms with Gasteiger partial charge in [-0.3, -0.25) is 4.79 Å². The van der Waals surface area contributed by atoms with E-state index < -0.39 is 0 Å². The van der Waals surface area contributed by atoms with Gasteiger partial charge in [-0.2, -0.15) is 10.4 Å². The third-order valence-electron chi connectivity index (χ3n) is 4.05. The number of thiazole rings is 1. The molecule has 1 aromatic heterocycles. The topological polar surface area (TPSA) is 109 Å². The van der Waals surface area contributed by atoms with Gasteiger partial charge in [0.15, 0.2) is 23.2 Å². The van der Waals surface area contributed by atoms with Gasteiger partial charge in [0.25, 0.3) is 0 Å². The van der Waals surface area contributed by atoms with Crippen LogP contribution in [0.1, 0.15) is 11.3 Å². The number of methoxy groups -OCH3 is 1. The second-order valence-electron chi connectivity index (χ2n) is 6.05. The molecule has 0 saturated carbocycles. The summed E-state index contributed by atoms with van der Waals surface area (Å²) in [6, 6.07) is 7.04. The molecule has 10 heteroatoms. The molecule has 9 nitrogen and oxygen atoms in total. The normalized spacial score (nSPS) is 13.9. The number of hydrogen-bond acceptors (Lipinski definition) is 9. The van der Waals surface area contributed by atoms with Crippen LogP contribution in [0.4, 0.5) is 5.13 Å². The van der Waals surface area contributed by atoms with Crippen molar-refractivity contribution in [1.29, 1.82) is 5.26 Å². The molecule has 2 aromatic rings. The molecule has 0 bridgehead atoms. The summed E-state index contributed by atoms with van der Waals surface area (Å²) in [5.74, 6) is 0.699. The Balaban J connectivity index is 1.52. The molecule has 29 heavy (non-hydrogen) atoms. The summed E-state index contributed by atoms with van der Waals surface area (Å²) < 4.78 is 15.8. The highest BCUT2D eigenvalue weighted by Gasteiger charge is 2.15. The lowest BCUT2D eigenvalue weighted by Crippen LogP contribution is -2.36. The highest BCUT2D eigenvalue weighted by Crippen LogP contribution is 2.27. The summed E-state index contributed by atoms with van der Waals surface area (Å²) in [7, 11) is 1.51. The average Bonchev–Trinajstić information content (AvgIpc) is 3.21. The molecule has 2 heterocycles. The zero-order valence-corrected chi connectivity index (χ0v) is 16.8. The highest BCUT2D eigenvalue weighted by atomic mass is 32.1. The van der Waals surface area contributed by atoms with Crippen LogP contribution in [-0.4, -0.2) is 57.1 Å². The van der Waals surface area contributed by atoms with Crippen LogP contribution in [0.2, 0.25) is 0 Å².